The Bertz CT molecular complexity index is 1050. The van der Waals surface area contributed by atoms with Crippen LogP contribution in [0, 0.1) is 6.92 Å². The summed E-state index contributed by atoms with van der Waals surface area (Å²) in [6, 6.07) is 9.85. The summed E-state index contributed by atoms with van der Waals surface area (Å²) in [5, 5.41) is 14.0. The molecule has 0 aliphatic rings. The van der Waals surface area contributed by atoms with Crippen LogP contribution in [0.1, 0.15) is 37.8 Å². The molecule has 7 nitrogen and oxygen atoms in total. The Morgan fingerprint density at radius 2 is 2.03 bits per heavy atom. The second-order valence-corrected chi connectivity index (χ2v) is 9.11. The molecule has 0 spiro atoms. The number of nitrogens with one attached hydrogen (secondary N) is 1. The average molecular weight is 459 g/mol. The van der Waals surface area contributed by atoms with E-state index in [0.29, 0.717) is 11.7 Å². The van der Waals surface area contributed by atoms with Gasteiger partial charge in [-0.05, 0) is 42.3 Å². The summed E-state index contributed by atoms with van der Waals surface area (Å²) in [5.74, 6) is 0.275. The number of carbonyl (C=O) groups is 2. The normalized spacial score (nSPS) is 11.0. The van der Waals surface area contributed by atoms with Crippen LogP contribution < -0.4 is 5.32 Å². The lowest BCUT2D eigenvalue weighted by atomic mass is 9.98. The third-order valence-electron chi connectivity index (χ3n) is 4.65. The average Bonchev–Trinajstić information content (AvgIpc) is 3.41. The van der Waals surface area contributed by atoms with Gasteiger partial charge in [0, 0.05) is 12.2 Å². The zero-order valence-electron chi connectivity index (χ0n) is 18.0. The number of esters is 1. The van der Waals surface area contributed by atoms with Crippen molar-refractivity contribution in [2.45, 2.75) is 45.3 Å². The van der Waals surface area contributed by atoms with Gasteiger partial charge in [-0.15, -0.1) is 21.5 Å². The third kappa shape index (κ3) is 5.74. The highest BCUT2D eigenvalue weighted by molar-refractivity contribution is 7.99. The quantitative estimate of drug-likeness (QED) is 0.368. The van der Waals surface area contributed by atoms with Crippen molar-refractivity contribution >= 4 is 40.7 Å². The number of hydrogen-bond donors (Lipinski definition) is 1. The fourth-order valence-electron chi connectivity index (χ4n) is 3.10. The predicted octanol–water partition coefficient (Wildman–Crippen LogP) is 4.73. The molecule has 2 heterocycles. The fourth-order valence-corrected chi connectivity index (χ4v) is 4.62. The molecule has 0 aliphatic carbocycles. The summed E-state index contributed by atoms with van der Waals surface area (Å²) in [5.41, 5.74) is 2.81. The lowest BCUT2D eigenvalue weighted by Gasteiger charge is -2.16. The largest absolute Gasteiger partial charge is 0.455 e. The fraction of sp³-hybridized carbons (Fsp3) is 0.364. The minimum Gasteiger partial charge on any atom is -0.455 e. The van der Waals surface area contributed by atoms with E-state index < -0.39 is 5.97 Å². The lowest BCUT2D eigenvalue weighted by Crippen LogP contribution is -2.23. The maximum Gasteiger partial charge on any atom is 0.316 e. The number of thioether (sulfide) groups is 1. The van der Waals surface area contributed by atoms with Crippen molar-refractivity contribution in [2.24, 2.45) is 0 Å². The van der Waals surface area contributed by atoms with E-state index in [9.17, 15) is 9.59 Å². The molecule has 9 heteroatoms. The Morgan fingerprint density at radius 1 is 1.23 bits per heavy atom. The SMILES string of the molecule is CCn1c(SCC(=O)OCC(=O)Nc2c(C)cccc2C(C)C)nnc1-c1cccs1. The smallest absolute Gasteiger partial charge is 0.316 e. The van der Waals surface area contributed by atoms with Crippen molar-refractivity contribution in [3.8, 4) is 10.7 Å². The molecule has 0 fully saturated rings. The number of aromatic nitrogens is 3. The van der Waals surface area contributed by atoms with Crippen LogP contribution >= 0.6 is 23.1 Å². The van der Waals surface area contributed by atoms with Gasteiger partial charge < -0.3 is 14.6 Å². The predicted molar refractivity (Wildman–Crippen MR) is 125 cm³/mol. The molecule has 1 aromatic carbocycles. The molecule has 3 rings (SSSR count). The van der Waals surface area contributed by atoms with Crippen LogP contribution in [0.15, 0.2) is 40.9 Å². The molecule has 1 amide bonds. The molecule has 0 radical (unpaired) electrons. The standard InChI is InChI=1S/C22H26N4O3S2/c1-5-26-21(17-10-7-11-30-17)24-25-22(26)31-13-19(28)29-12-18(27)23-20-15(4)8-6-9-16(20)14(2)3/h6-11,14H,5,12-13H2,1-4H3,(H,23,27). The van der Waals surface area contributed by atoms with E-state index in [1.165, 1.54) is 11.8 Å². The van der Waals surface area contributed by atoms with Crippen LogP contribution in [0.2, 0.25) is 0 Å². The monoisotopic (exact) mass is 458 g/mol. The number of hydrogen-bond acceptors (Lipinski definition) is 7. The third-order valence-corrected chi connectivity index (χ3v) is 6.46. The van der Waals surface area contributed by atoms with Gasteiger partial charge in [-0.25, -0.2) is 0 Å². The maximum absolute atomic E-state index is 12.3. The van der Waals surface area contributed by atoms with Crippen molar-refractivity contribution in [3.05, 3.63) is 46.8 Å². The van der Waals surface area contributed by atoms with E-state index in [-0.39, 0.29) is 24.2 Å². The van der Waals surface area contributed by atoms with E-state index in [1.807, 2.05) is 54.1 Å². The molecule has 0 bridgehead atoms. The second-order valence-electron chi connectivity index (χ2n) is 7.22. The maximum atomic E-state index is 12.3. The number of aryl methyl sites for hydroxylation is 1. The van der Waals surface area contributed by atoms with E-state index in [0.717, 1.165) is 27.5 Å². The van der Waals surface area contributed by atoms with Gasteiger partial charge >= 0.3 is 5.97 Å². The van der Waals surface area contributed by atoms with Gasteiger partial charge in [0.15, 0.2) is 17.6 Å². The van der Waals surface area contributed by atoms with E-state index in [4.69, 9.17) is 4.74 Å². The number of nitrogens with zero attached hydrogens (tertiary/aromatic N) is 3. The van der Waals surface area contributed by atoms with Crippen LogP contribution in [0.5, 0.6) is 0 Å². The molecule has 0 unspecified atom stereocenters. The van der Waals surface area contributed by atoms with Crippen molar-refractivity contribution in [2.75, 3.05) is 17.7 Å². The van der Waals surface area contributed by atoms with Gasteiger partial charge in [0.1, 0.15) is 0 Å². The van der Waals surface area contributed by atoms with Gasteiger partial charge in [-0.3, -0.25) is 9.59 Å². The van der Waals surface area contributed by atoms with E-state index >= 15 is 0 Å². The number of amides is 1. The zero-order chi connectivity index (χ0) is 22.4. The number of thiophene rings is 1. The summed E-state index contributed by atoms with van der Waals surface area (Å²) in [7, 11) is 0. The Hall–Kier alpha value is -2.65. The number of ether oxygens (including phenoxy) is 1. The topological polar surface area (TPSA) is 86.1 Å². The highest BCUT2D eigenvalue weighted by Crippen LogP contribution is 2.28. The van der Waals surface area contributed by atoms with Crippen molar-refractivity contribution in [1.82, 2.24) is 14.8 Å². The Kier molecular flexibility index (Phi) is 7.86. The van der Waals surface area contributed by atoms with Crippen molar-refractivity contribution in [1.29, 1.82) is 0 Å². The van der Waals surface area contributed by atoms with Crippen molar-refractivity contribution < 1.29 is 14.3 Å². The van der Waals surface area contributed by atoms with Crippen LogP contribution in [0.3, 0.4) is 0 Å². The number of anilines is 1. The Labute approximate surface area is 190 Å². The molecule has 0 atom stereocenters. The van der Waals surface area contributed by atoms with Gasteiger partial charge in [-0.1, -0.05) is 49.9 Å². The molecule has 0 saturated carbocycles. The van der Waals surface area contributed by atoms with Gasteiger partial charge in [0.05, 0.1) is 10.6 Å². The number of benzene rings is 1. The molecule has 0 saturated heterocycles. The minimum absolute atomic E-state index is 0.0530. The zero-order valence-corrected chi connectivity index (χ0v) is 19.7. The van der Waals surface area contributed by atoms with Crippen LogP contribution in [-0.4, -0.2) is 39.0 Å². The van der Waals surface area contributed by atoms with Crippen LogP contribution in [-0.2, 0) is 20.9 Å². The molecule has 3 aromatic rings. The molecular weight excluding hydrogens is 432 g/mol. The molecular formula is C22H26N4O3S2. The van der Waals surface area contributed by atoms with Gasteiger partial charge in [-0.2, -0.15) is 0 Å². The summed E-state index contributed by atoms with van der Waals surface area (Å²) < 4.78 is 7.12. The van der Waals surface area contributed by atoms with Crippen LogP contribution in [0.4, 0.5) is 5.69 Å². The van der Waals surface area contributed by atoms with Gasteiger partial charge in [0.2, 0.25) is 0 Å². The molecule has 0 aliphatic heterocycles. The van der Waals surface area contributed by atoms with E-state index in [1.54, 1.807) is 11.3 Å². The molecule has 2 aromatic heterocycles. The Morgan fingerprint density at radius 3 is 2.71 bits per heavy atom. The number of para-hydroxylation sites is 1. The second kappa shape index (κ2) is 10.6. The first-order valence-electron chi connectivity index (χ1n) is 10.1. The first kappa shape index (κ1) is 23.0. The lowest BCUT2D eigenvalue weighted by molar-refractivity contribution is -0.144. The minimum atomic E-state index is -0.475. The summed E-state index contributed by atoms with van der Waals surface area (Å²) in [6.45, 7) is 8.45. The number of rotatable bonds is 9. The first-order valence-corrected chi connectivity index (χ1v) is 11.9. The highest BCUT2D eigenvalue weighted by atomic mass is 32.2. The molecule has 164 valence electrons. The number of carbonyl (C=O) groups excluding carboxylic acids is 2. The van der Waals surface area contributed by atoms with Crippen LogP contribution in [0.25, 0.3) is 10.7 Å². The summed E-state index contributed by atoms with van der Waals surface area (Å²) in [4.78, 5) is 25.5. The summed E-state index contributed by atoms with van der Waals surface area (Å²) >= 11 is 2.84. The molecule has 1 N–H and O–H groups in total. The molecule has 31 heavy (non-hydrogen) atoms. The first-order chi connectivity index (χ1) is 14.9. The van der Waals surface area contributed by atoms with Crippen molar-refractivity contribution in [3.63, 3.8) is 0 Å². The van der Waals surface area contributed by atoms with Gasteiger partial charge in [0.25, 0.3) is 5.91 Å². The Balaban J connectivity index is 1.53. The van der Waals surface area contributed by atoms with E-state index in [2.05, 4.69) is 29.4 Å². The highest BCUT2D eigenvalue weighted by Gasteiger charge is 2.17. The summed E-state index contributed by atoms with van der Waals surface area (Å²) in [6.07, 6.45) is 0.